The molecular formula is C19H16N4O3S. The highest BCUT2D eigenvalue weighted by Crippen LogP contribution is 2.30. The largest absolute Gasteiger partial charge is 0.383 e. The fourth-order valence-corrected chi connectivity index (χ4v) is 3.18. The Balaban J connectivity index is 1.95. The number of aliphatic imine (C=N–C) groups is 1. The van der Waals surface area contributed by atoms with E-state index in [2.05, 4.69) is 15.6 Å². The molecule has 0 fully saturated rings. The third-order valence-corrected chi connectivity index (χ3v) is 4.67. The lowest BCUT2D eigenvalue weighted by atomic mass is 10.0. The third-order valence-electron chi connectivity index (χ3n) is 3.81. The smallest absolute Gasteiger partial charge is 0.266 e. The summed E-state index contributed by atoms with van der Waals surface area (Å²) in [6, 6.07) is 12.6. The van der Waals surface area contributed by atoms with Crippen LogP contribution in [0.2, 0.25) is 0 Å². The van der Waals surface area contributed by atoms with Gasteiger partial charge in [-0.25, -0.2) is 4.99 Å². The molecule has 27 heavy (non-hydrogen) atoms. The van der Waals surface area contributed by atoms with Crippen LogP contribution in [0.5, 0.6) is 0 Å². The molecule has 1 aliphatic rings. The van der Waals surface area contributed by atoms with Crippen LogP contribution in [0.4, 0.5) is 0 Å². The first-order valence-corrected chi connectivity index (χ1v) is 8.98. The van der Waals surface area contributed by atoms with Gasteiger partial charge in [-0.15, -0.1) is 11.3 Å². The molecule has 0 saturated heterocycles. The van der Waals surface area contributed by atoms with Crippen molar-refractivity contribution < 1.29 is 14.3 Å². The molecule has 2 N–H and O–H groups in total. The fourth-order valence-electron chi connectivity index (χ4n) is 2.56. The maximum Gasteiger partial charge on any atom is 0.266 e. The zero-order valence-corrected chi connectivity index (χ0v) is 15.3. The number of amides is 2. The van der Waals surface area contributed by atoms with Gasteiger partial charge in [0.1, 0.15) is 17.5 Å². The number of nitrogens with one attached hydrogen (secondary N) is 2. The van der Waals surface area contributed by atoms with E-state index in [0.29, 0.717) is 28.4 Å². The minimum Gasteiger partial charge on any atom is -0.383 e. The molecule has 0 bridgehead atoms. The lowest BCUT2D eigenvalue weighted by molar-refractivity contribution is -0.117. The molecule has 1 aromatic carbocycles. The standard InChI is InChI=1S/C19H16N4O3S/c1-26-9-8-21-18(24)14(11-20)16-12-5-2-3-6-13(12)17(22-16)23-19(25)15-7-4-10-27-15/h2-7,10H,8-9H2,1H3,(H,21,24)(H,22,23,25). The monoisotopic (exact) mass is 380 g/mol. The molecule has 3 rings (SSSR count). The molecular weight excluding hydrogens is 364 g/mol. The minimum atomic E-state index is -0.533. The Morgan fingerprint density at radius 3 is 2.67 bits per heavy atom. The zero-order chi connectivity index (χ0) is 19.2. The van der Waals surface area contributed by atoms with Gasteiger partial charge >= 0.3 is 0 Å². The highest BCUT2D eigenvalue weighted by Gasteiger charge is 2.27. The number of carbonyl (C=O) groups is 2. The van der Waals surface area contributed by atoms with Crippen molar-refractivity contribution in [3.05, 3.63) is 63.4 Å². The van der Waals surface area contributed by atoms with Gasteiger partial charge in [-0.3, -0.25) is 9.59 Å². The van der Waals surface area contributed by atoms with E-state index in [0.717, 1.165) is 0 Å². The Hall–Kier alpha value is -3.28. The number of rotatable bonds is 5. The number of nitrogens with zero attached hydrogens (tertiary/aromatic N) is 2. The Morgan fingerprint density at radius 1 is 1.22 bits per heavy atom. The van der Waals surface area contributed by atoms with E-state index in [1.165, 1.54) is 18.4 Å². The van der Waals surface area contributed by atoms with Gasteiger partial charge < -0.3 is 15.4 Å². The second-order valence-electron chi connectivity index (χ2n) is 5.52. The maximum atomic E-state index is 12.4. The highest BCUT2D eigenvalue weighted by atomic mass is 32.1. The van der Waals surface area contributed by atoms with E-state index < -0.39 is 5.91 Å². The first kappa shape index (κ1) is 18.5. The SMILES string of the molecule is COCCNC(=O)C(C#N)=C1N=C(NC(=O)c2cccs2)c2ccccc21. The number of ether oxygens (including phenoxy) is 1. The van der Waals surface area contributed by atoms with Crippen molar-refractivity contribution in [1.82, 2.24) is 10.6 Å². The van der Waals surface area contributed by atoms with Gasteiger partial charge in [0.15, 0.2) is 0 Å². The minimum absolute atomic E-state index is 0.112. The number of methoxy groups -OCH3 is 1. The Labute approximate surface area is 160 Å². The Bertz CT molecular complexity index is 971. The molecule has 0 spiro atoms. The van der Waals surface area contributed by atoms with E-state index >= 15 is 0 Å². The summed E-state index contributed by atoms with van der Waals surface area (Å²) in [5.41, 5.74) is 1.41. The van der Waals surface area contributed by atoms with E-state index in [1.54, 1.807) is 36.4 Å². The predicted molar refractivity (Wildman–Crippen MR) is 102 cm³/mol. The molecule has 1 aromatic heterocycles. The molecule has 2 amide bonds. The van der Waals surface area contributed by atoms with Crippen LogP contribution < -0.4 is 10.6 Å². The zero-order valence-electron chi connectivity index (χ0n) is 14.5. The number of fused-ring (bicyclic) bond motifs is 1. The van der Waals surface area contributed by atoms with Gasteiger partial charge in [-0.1, -0.05) is 30.3 Å². The molecule has 0 aliphatic carbocycles. The summed E-state index contributed by atoms with van der Waals surface area (Å²) in [6.45, 7) is 0.614. The van der Waals surface area contributed by atoms with Crippen LogP contribution in [0.1, 0.15) is 20.8 Å². The van der Waals surface area contributed by atoms with Crippen molar-refractivity contribution in [3.63, 3.8) is 0 Å². The van der Waals surface area contributed by atoms with Crippen LogP contribution in [0.25, 0.3) is 5.70 Å². The molecule has 7 nitrogen and oxygen atoms in total. The first-order valence-electron chi connectivity index (χ1n) is 8.10. The van der Waals surface area contributed by atoms with Gasteiger partial charge in [0.05, 0.1) is 17.2 Å². The highest BCUT2D eigenvalue weighted by molar-refractivity contribution is 7.12. The van der Waals surface area contributed by atoms with Crippen molar-refractivity contribution in [2.45, 2.75) is 0 Å². The number of nitriles is 1. The van der Waals surface area contributed by atoms with Crippen LogP contribution in [0, 0.1) is 11.3 Å². The molecule has 0 saturated carbocycles. The van der Waals surface area contributed by atoms with Crippen LogP contribution in [0.15, 0.2) is 52.3 Å². The van der Waals surface area contributed by atoms with Crippen LogP contribution >= 0.6 is 11.3 Å². The molecule has 136 valence electrons. The van der Waals surface area contributed by atoms with E-state index in [-0.39, 0.29) is 23.7 Å². The number of benzene rings is 1. The molecule has 2 aromatic rings. The summed E-state index contributed by atoms with van der Waals surface area (Å²) in [6.07, 6.45) is 0. The predicted octanol–water partition coefficient (Wildman–Crippen LogP) is 1.94. The van der Waals surface area contributed by atoms with E-state index in [9.17, 15) is 14.9 Å². The van der Waals surface area contributed by atoms with E-state index in [1.807, 2.05) is 11.4 Å². The van der Waals surface area contributed by atoms with Gasteiger partial charge in [0, 0.05) is 24.8 Å². The molecule has 1 aliphatic heterocycles. The number of amidine groups is 1. The second-order valence-corrected chi connectivity index (χ2v) is 6.47. The van der Waals surface area contributed by atoms with Gasteiger partial charge in [0.2, 0.25) is 0 Å². The lowest BCUT2D eigenvalue weighted by Crippen LogP contribution is -2.29. The maximum absolute atomic E-state index is 12.4. The number of carbonyl (C=O) groups excluding carboxylic acids is 2. The molecule has 0 atom stereocenters. The normalized spacial score (nSPS) is 14.0. The molecule has 0 radical (unpaired) electrons. The summed E-state index contributed by atoms with van der Waals surface area (Å²) >= 11 is 1.32. The summed E-state index contributed by atoms with van der Waals surface area (Å²) < 4.78 is 4.90. The van der Waals surface area contributed by atoms with E-state index in [4.69, 9.17) is 4.74 Å². The van der Waals surface area contributed by atoms with Crippen molar-refractivity contribution in [3.8, 4) is 6.07 Å². The molecule has 0 unspecified atom stereocenters. The Morgan fingerprint density at radius 2 is 2.00 bits per heavy atom. The van der Waals surface area contributed by atoms with Crippen LogP contribution in [-0.4, -0.2) is 37.9 Å². The van der Waals surface area contributed by atoms with Crippen molar-refractivity contribution in [1.29, 1.82) is 5.26 Å². The molecule has 8 heteroatoms. The Kier molecular flexibility index (Phi) is 5.76. The van der Waals surface area contributed by atoms with Gasteiger partial charge in [0.25, 0.3) is 11.8 Å². The summed E-state index contributed by atoms with van der Waals surface area (Å²) in [5.74, 6) is -0.506. The average molecular weight is 380 g/mol. The third kappa shape index (κ3) is 3.95. The first-order chi connectivity index (χ1) is 13.2. The lowest BCUT2D eigenvalue weighted by Gasteiger charge is -2.05. The number of hydrogen-bond acceptors (Lipinski definition) is 6. The van der Waals surface area contributed by atoms with Crippen molar-refractivity contribution in [2.24, 2.45) is 4.99 Å². The summed E-state index contributed by atoms with van der Waals surface area (Å²) in [5, 5.41) is 16.7. The topological polar surface area (TPSA) is 104 Å². The summed E-state index contributed by atoms with van der Waals surface area (Å²) in [7, 11) is 1.52. The second kappa shape index (κ2) is 8.40. The van der Waals surface area contributed by atoms with Crippen molar-refractivity contribution >= 4 is 34.7 Å². The molecule has 2 heterocycles. The van der Waals surface area contributed by atoms with Crippen LogP contribution in [-0.2, 0) is 9.53 Å². The quantitative estimate of drug-likeness (QED) is 0.470. The number of thiophene rings is 1. The van der Waals surface area contributed by atoms with Gasteiger partial charge in [-0.2, -0.15) is 5.26 Å². The summed E-state index contributed by atoms with van der Waals surface area (Å²) in [4.78, 5) is 29.7. The fraction of sp³-hybridized carbons (Fsp3) is 0.158. The number of hydrogen-bond donors (Lipinski definition) is 2. The van der Waals surface area contributed by atoms with Crippen molar-refractivity contribution in [2.75, 3.05) is 20.3 Å². The van der Waals surface area contributed by atoms with Crippen LogP contribution in [0.3, 0.4) is 0 Å². The average Bonchev–Trinajstić information content (AvgIpc) is 3.32. The van der Waals surface area contributed by atoms with Gasteiger partial charge in [-0.05, 0) is 11.4 Å².